The first-order valence-electron chi connectivity index (χ1n) is 35.1. The molecule has 14 nitrogen and oxygen atoms in total. The summed E-state index contributed by atoms with van der Waals surface area (Å²) < 4.78 is 206. The van der Waals surface area contributed by atoms with Gasteiger partial charge in [-0.05, 0) is 278 Å². The highest BCUT2D eigenvalue weighted by Gasteiger charge is 2.35. The first kappa shape index (κ1) is 75.6. The average molecular weight is 1560 g/mol. The van der Waals surface area contributed by atoms with Crippen molar-refractivity contribution in [1.29, 1.82) is 0 Å². The average Bonchev–Trinajstić information content (AvgIpc) is 1.59. The summed E-state index contributed by atoms with van der Waals surface area (Å²) in [5, 5.41) is 2.94. The van der Waals surface area contributed by atoms with Gasteiger partial charge in [0.15, 0.2) is 0 Å². The molecule has 2 heterocycles. The highest BCUT2D eigenvalue weighted by molar-refractivity contribution is 6.12. The van der Waals surface area contributed by atoms with Crippen molar-refractivity contribution in [3.8, 4) is 46.0 Å². The number of hydrogen-bond donors (Lipinski definition) is 0. The van der Waals surface area contributed by atoms with E-state index in [1.807, 2.05) is 127 Å². The summed E-state index contributed by atoms with van der Waals surface area (Å²) >= 11 is 0. The topological polar surface area (TPSA) is 96.7 Å². The Kier molecular flexibility index (Phi) is 20.4. The third-order valence-corrected chi connectivity index (χ3v) is 19.0. The van der Waals surface area contributed by atoms with Crippen molar-refractivity contribution in [2.45, 2.75) is 38.5 Å². The van der Waals surface area contributed by atoms with Crippen molar-refractivity contribution in [1.82, 2.24) is 9.13 Å². The van der Waals surface area contributed by atoms with Crippen LogP contribution in [0.25, 0.3) is 43.6 Å². The van der Waals surface area contributed by atoms with Gasteiger partial charge in [0.2, 0.25) is 0 Å². The summed E-state index contributed by atoms with van der Waals surface area (Å²) in [6.45, 7) is 0.570. The Morgan fingerprint density at radius 1 is 0.219 bits per heavy atom. The number of benzene rings is 13. The number of alkyl halides is 12. The van der Waals surface area contributed by atoms with Crippen LogP contribution in [0.4, 0.5) is 121 Å². The van der Waals surface area contributed by atoms with Gasteiger partial charge in [-0.2, -0.15) is 0 Å². The van der Waals surface area contributed by atoms with E-state index in [1.165, 1.54) is 48.5 Å². The lowest BCUT2D eigenvalue weighted by molar-refractivity contribution is -0.275. The van der Waals surface area contributed by atoms with E-state index in [9.17, 15) is 52.7 Å². The summed E-state index contributed by atoms with van der Waals surface area (Å²) in [5.41, 5.74) is 11.6. The second-order valence-electron chi connectivity index (χ2n) is 26.1. The number of nitrogens with zero attached hydrogens (tertiary/aromatic N) is 6. The molecular weight excluding hydrogens is 1500 g/mol. The van der Waals surface area contributed by atoms with Crippen LogP contribution in [0.3, 0.4) is 0 Å². The van der Waals surface area contributed by atoms with E-state index in [-0.39, 0.29) is 29.3 Å². The minimum Gasteiger partial charge on any atom is -0.497 e. The number of halogens is 12. The molecular formula is C88H64F12N6O8. The van der Waals surface area contributed by atoms with Crippen molar-refractivity contribution in [2.75, 3.05) is 48.0 Å². The van der Waals surface area contributed by atoms with Gasteiger partial charge in [-0.1, -0.05) is 24.3 Å². The Hall–Kier alpha value is -13.8. The van der Waals surface area contributed by atoms with Gasteiger partial charge in [0.1, 0.15) is 46.0 Å². The van der Waals surface area contributed by atoms with Gasteiger partial charge < -0.3 is 66.6 Å². The number of fused-ring (bicyclic) bond motifs is 6. The van der Waals surface area contributed by atoms with E-state index in [0.717, 1.165) is 116 Å². The van der Waals surface area contributed by atoms with Gasteiger partial charge in [-0.25, -0.2) is 0 Å². The van der Waals surface area contributed by atoms with Crippen LogP contribution in [0.15, 0.2) is 291 Å². The lowest BCUT2D eigenvalue weighted by Gasteiger charge is -2.26. The summed E-state index contributed by atoms with van der Waals surface area (Å²) in [7, 11) is 6.47. The van der Waals surface area contributed by atoms with Gasteiger partial charge >= 0.3 is 25.4 Å². The minimum absolute atomic E-state index is 0.210. The highest BCUT2D eigenvalue weighted by Crippen LogP contribution is 2.48. The Morgan fingerprint density at radius 3 is 0.570 bits per heavy atom. The van der Waals surface area contributed by atoms with E-state index >= 15 is 0 Å². The monoisotopic (exact) mass is 1560 g/mol. The molecule has 0 fully saturated rings. The highest BCUT2D eigenvalue weighted by atomic mass is 19.4. The molecule has 13 aromatic carbocycles. The van der Waals surface area contributed by atoms with Crippen LogP contribution in [0.5, 0.6) is 46.0 Å². The molecule has 0 unspecified atom stereocenters. The Balaban J connectivity index is 0.882. The third kappa shape index (κ3) is 16.6. The van der Waals surface area contributed by atoms with Gasteiger partial charge in [-0.15, -0.1) is 52.7 Å². The van der Waals surface area contributed by atoms with E-state index in [4.69, 9.17) is 18.9 Å². The molecule has 26 heteroatoms. The minimum atomic E-state index is -5.05. The fourth-order valence-corrected chi connectivity index (χ4v) is 14.2. The van der Waals surface area contributed by atoms with Gasteiger partial charge in [0, 0.05) is 125 Å². The van der Waals surface area contributed by atoms with E-state index in [0.29, 0.717) is 62.7 Å². The molecule has 0 aliphatic heterocycles. The molecule has 2 aromatic heterocycles. The first-order chi connectivity index (χ1) is 54.7. The molecule has 0 spiro atoms. The molecule has 578 valence electrons. The van der Waals surface area contributed by atoms with E-state index < -0.39 is 48.4 Å². The Bertz CT molecular complexity index is 5370. The lowest BCUT2D eigenvalue weighted by Crippen LogP contribution is -2.17. The molecule has 0 aliphatic carbocycles. The molecule has 0 atom stereocenters. The normalized spacial score (nSPS) is 11.9. The molecule has 0 saturated carbocycles. The van der Waals surface area contributed by atoms with Gasteiger partial charge in [0.25, 0.3) is 0 Å². The maximum Gasteiger partial charge on any atom is 0.573 e. The predicted molar refractivity (Wildman–Crippen MR) is 415 cm³/mol. The first-order valence-corrected chi connectivity index (χ1v) is 35.1. The maximum atomic E-state index is 13.6. The summed E-state index contributed by atoms with van der Waals surface area (Å²) in [4.78, 5) is 7.51. The van der Waals surface area contributed by atoms with Crippen LogP contribution >= 0.6 is 0 Å². The number of methoxy groups -OCH3 is 4. The van der Waals surface area contributed by atoms with Crippen LogP contribution in [0, 0.1) is 0 Å². The molecule has 0 bridgehead atoms. The number of hydrogen-bond acceptors (Lipinski definition) is 12. The van der Waals surface area contributed by atoms with Crippen LogP contribution in [-0.2, 0) is 13.1 Å². The zero-order valence-electron chi connectivity index (χ0n) is 60.6. The number of ether oxygens (including phenoxy) is 8. The van der Waals surface area contributed by atoms with Crippen LogP contribution < -0.4 is 57.5 Å². The van der Waals surface area contributed by atoms with Crippen LogP contribution in [0.1, 0.15) is 11.1 Å². The zero-order valence-corrected chi connectivity index (χ0v) is 60.6. The number of aromatic nitrogens is 2. The predicted octanol–water partition coefficient (Wildman–Crippen LogP) is 25.5. The molecule has 0 saturated heterocycles. The number of anilines is 12. The largest absolute Gasteiger partial charge is 0.573 e. The van der Waals surface area contributed by atoms with Gasteiger partial charge in [0.05, 0.1) is 28.4 Å². The fraction of sp³-hybridized carbons (Fsp3) is 0.114. The fourth-order valence-electron chi connectivity index (χ4n) is 14.2. The Morgan fingerprint density at radius 2 is 0.395 bits per heavy atom. The third-order valence-electron chi connectivity index (χ3n) is 19.0. The van der Waals surface area contributed by atoms with Crippen molar-refractivity contribution in [3.63, 3.8) is 0 Å². The molecule has 114 heavy (non-hydrogen) atoms. The standard InChI is InChI=1S/C88H64F12N6O8/c1-107-69-28-8-57(9-29-69)103(58-10-30-70(108-2)31-11-58)65-24-44-81-77(49-65)78-50-66(104(59-12-32-71(109-3)33-13-59)60-14-34-72(110-4)35-15-60)25-45-82(78)101(81)53-55-6-5-7-56(48-55)54-102-83-46-26-67(105(61-16-36-73(37-17-61)111-85(89,90)91)62-18-38-74(39-19-62)112-86(92,93)94)51-79(83)80-52-68(27-47-84(80)102)106(63-20-40-75(41-21-63)113-87(95,96)97)64-22-42-76(43-23-64)114-88(98,99)100/h5-52H,53-54H2,1-4H3. The second-order valence-corrected chi connectivity index (χ2v) is 26.1. The Labute approximate surface area is 643 Å². The summed E-state index contributed by atoms with van der Waals surface area (Å²) in [6.07, 6.45) is -20.2. The van der Waals surface area contributed by atoms with Crippen molar-refractivity contribution >= 4 is 112 Å². The number of rotatable bonds is 24. The zero-order chi connectivity index (χ0) is 79.8. The SMILES string of the molecule is COc1ccc(N(c2ccc(OC)cc2)c2ccc3c(c2)c2cc(N(c4ccc(OC)cc4)c4ccc(OC)cc4)ccc2n3Cc2cccc(Cn3c4ccc(N(c5ccc(OC(F)(F)F)cc5)c5ccc(OC(F)(F)F)cc5)cc4c4cc(N(c5ccc(OC(F)(F)F)cc5)c5ccc(OC(F)(F)F)cc5)ccc43)c2)cc1. The second kappa shape index (κ2) is 30.8. The molecule has 0 N–H and O–H groups in total. The van der Waals surface area contributed by atoms with Crippen LogP contribution in [0.2, 0.25) is 0 Å². The summed E-state index contributed by atoms with van der Waals surface area (Å²) in [6, 6.07) is 82.1. The smallest absolute Gasteiger partial charge is 0.497 e. The molecule has 0 amide bonds. The molecule has 15 aromatic rings. The van der Waals surface area contributed by atoms with E-state index in [2.05, 4.69) is 80.3 Å². The lowest BCUT2D eigenvalue weighted by atomic mass is 10.1. The van der Waals surface area contributed by atoms with E-state index in [1.54, 1.807) is 62.5 Å². The van der Waals surface area contributed by atoms with Crippen molar-refractivity contribution in [3.05, 3.63) is 302 Å². The summed E-state index contributed by atoms with van der Waals surface area (Å²) in [5.74, 6) is 0.513. The van der Waals surface area contributed by atoms with Crippen LogP contribution in [-0.4, -0.2) is 63.0 Å². The quantitative estimate of drug-likeness (QED) is 0.0539. The van der Waals surface area contributed by atoms with Crippen molar-refractivity contribution in [2.24, 2.45) is 0 Å². The van der Waals surface area contributed by atoms with Crippen molar-refractivity contribution < 1.29 is 90.6 Å². The molecule has 0 aliphatic rings. The maximum absolute atomic E-state index is 13.6. The molecule has 0 radical (unpaired) electrons. The molecule has 15 rings (SSSR count). The van der Waals surface area contributed by atoms with Gasteiger partial charge in [-0.3, -0.25) is 0 Å².